The van der Waals surface area contributed by atoms with Gasteiger partial charge < -0.3 is 4.90 Å². The van der Waals surface area contributed by atoms with Gasteiger partial charge in [-0.3, -0.25) is 9.69 Å². The second-order valence-electron chi connectivity index (χ2n) is 4.90. The van der Waals surface area contributed by atoms with Crippen LogP contribution in [0.4, 0.5) is 0 Å². The lowest BCUT2D eigenvalue weighted by Gasteiger charge is -2.25. The van der Waals surface area contributed by atoms with Crippen molar-refractivity contribution in [3.05, 3.63) is 29.3 Å². The van der Waals surface area contributed by atoms with E-state index >= 15 is 0 Å². The molecule has 0 fully saturated rings. The van der Waals surface area contributed by atoms with Crippen LogP contribution < -0.4 is 0 Å². The van der Waals surface area contributed by atoms with Crippen molar-refractivity contribution in [3.63, 3.8) is 0 Å². The number of carbonyl (C=O) groups excluding carboxylic acids is 1. The lowest BCUT2D eigenvalue weighted by Crippen LogP contribution is -2.42. The highest BCUT2D eigenvalue weighted by atomic mass is 32.1. The van der Waals surface area contributed by atoms with Gasteiger partial charge in [0.15, 0.2) is 0 Å². The number of benzene rings is 1. The molecule has 0 bridgehead atoms. The van der Waals surface area contributed by atoms with Crippen molar-refractivity contribution in [1.82, 2.24) is 14.8 Å². The quantitative estimate of drug-likeness (QED) is 0.859. The van der Waals surface area contributed by atoms with Gasteiger partial charge in [0, 0.05) is 14.1 Å². The number of likely N-dealkylation sites (N-methyl/N-ethyl adjacent to an activating group) is 2. The van der Waals surface area contributed by atoms with Crippen molar-refractivity contribution in [1.29, 1.82) is 0 Å². The summed E-state index contributed by atoms with van der Waals surface area (Å²) in [4.78, 5) is 20.2. The molecular formula is C14H19N3OS. The molecule has 5 heteroatoms. The van der Waals surface area contributed by atoms with Crippen molar-refractivity contribution in [2.75, 3.05) is 21.1 Å². The number of hydrogen-bond acceptors (Lipinski definition) is 4. The fourth-order valence-electron chi connectivity index (χ4n) is 1.90. The number of para-hydroxylation sites is 1. The Bertz CT molecular complexity index is 546. The molecule has 0 saturated heterocycles. The summed E-state index contributed by atoms with van der Waals surface area (Å²) in [6.45, 7) is 2.62. The third-order valence-corrected chi connectivity index (χ3v) is 4.20. The molecule has 0 saturated carbocycles. The molecule has 1 aromatic carbocycles. The van der Waals surface area contributed by atoms with E-state index in [0.29, 0.717) is 6.54 Å². The Labute approximate surface area is 117 Å². The Hall–Kier alpha value is -1.46. The molecule has 4 nitrogen and oxygen atoms in total. The normalized spacial score (nSPS) is 12.9. The molecule has 102 valence electrons. The average molecular weight is 277 g/mol. The number of rotatable bonds is 4. The lowest BCUT2D eigenvalue weighted by atomic mass is 10.2. The highest BCUT2D eigenvalue weighted by molar-refractivity contribution is 7.18. The smallest absolute Gasteiger partial charge is 0.239 e. The van der Waals surface area contributed by atoms with Gasteiger partial charge in [0.25, 0.3) is 0 Å². The molecule has 1 aromatic heterocycles. The van der Waals surface area contributed by atoms with Gasteiger partial charge in [0.05, 0.1) is 22.8 Å². The first-order chi connectivity index (χ1) is 8.99. The van der Waals surface area contributed by atoms with Gasteiger partial charge in [-0.15, -0.1) is 11.3 Å². The second kappa shape index (κ2) is 5.67. The highest BCUT2D eigenvalue weighted by Crippen LogP contribution is 2.22. The number of aromatic nitrogens is 1. The Kier molecular flexibility index (Phi) is 4.17. The highest BCUT2D eigenvalue weighted by Gasteiger charge is 2.20. The molecule has 1 atom stereocenters. The van der Waals surface area contributed by atoms with E-state index in [1.165, 1.54) is 4.70 Å². The first-order valence-corrected chi connectivity index (χ1v) is 7.06. The fourth-order valence-corrected chi connectivity index (χ4v) is 2.93. The van der Waals surface area contributed by atoms with Crippen molar-refractivity contribution in [3.8, 4) is 0 Å². The summed E-state index contributed by atoms with van der Waals surface area (Å²) in [5.74, 6) is 0.114. The predicted molar refractivity (Wildman–Crippen MR) is 79.2 cm³/mol. The van der Waals surface area contributed by atoms with Crippen LogP contribution in [0.25, 0.3) is 10.2 Å². The van der Waals surface area contributed by atoms with Crippen LogP contribution in [0.5, 0.6) is 0 Å². The van der Waals surface area contributed by atoms with Crippen LogP contribution in [0.1, 0.15) is 11.9 Å². The number of carbonyl (C=O) groups is 1. The van der Waals surface area contributed by atoms with Gasteiger partial charge in [0.2, 0.25) is 5.91 Å². The monoisotopic (exact) mass is 277 g/mol. The van der Waals surface area contributed by atoms with Crippen molar-refractivity contribution in [2.45, 2.75) is 19.5 Å². The van der Waals surface area contributed by atoms with Crippen molar-refractivity contribution < 1.29 is 4.79 Å². The standard InChI is InChI=1S/C14H19N3OS/c1-10(14(18)16(2)3)17(4)9-13-15-11-7-5-6-8-12(11)19-13/h5-8,10H,9H2,1-4H3/t10-/m0/s1. The maximum Gasteiger partial charge on any atom is 0.239 e. The summed E-state index contributed by atoms with van der Waals surface area (Å²) in [6, 6.07) is 7.97. The van der Waals surface area contributed by atoms with Crippen molar-refractivity contribution >= 4 is 27.5 Å². The van der Waals surface area contributed by atoms with E-state index in [4.69, 9.17) is 0 Å². The zero-order valence-corrected chi connectivity index (χ0v) is 12.6. The summed E-state index contributed by atoms with van der Waals surface area (Å²) in [5.41, 5.74) is 1.03. The van der Waals surface area contributed by atoms with E-state index in [1.807, 2.05) is 37.1 Å². The van der Waals surface area contributed by atoms with Crippen LogP contribution in [0, 0.1) is 0 Å². The van der Waals surface area contributed by atoms with Gasteiger partial charge in [-0.05, 0) is 26.1 Å². The minimum absolute atomic E-state index is 0.114. The molecule has 2 rings (SSSR count). The molecule has 0 aliphatic carbocycles. The Morgan fingerprint density at radius 1 is 1.32 bits per heavy atom. The third kappa shape index (κ3) is 3.11. The minimum Gasteiger partial charge on any atom is -0.347 e. The number of hydrogen-bond donors (Lipinski definition) is 0. The SMILES string of the molecule is C[C@@H](C(=O)N(C)C)N(C)Cc1nc2ccccc2s1. The van der Waals surface area contributed by atoms with Crippen molar-refractivity contribution in [2.24, 2.45) is 0 Å². The molecule has 2 aromatic rings. The van der Waals surface area contributed by atoms with Crippen LogP contribution in [-0.2, 0) is 11.3 Å². The van der Waals surface area contributed by atoms with E-state index in [9.17, 15) is 4.79 Å². The number of nitrogens with zero attached hydrogens (tertiary/aromatic N) is 3. The third-order valence-electron chi connectivity index (χ3n) is 3.18. The predicted octanol–water partition coefficient (Wildman–Crippen LogP) is 2.20. The van der Waals surface area contributed by atoms with Gasteiger partial charge >= 0.3 is 0 Å². The van der Waals surface area contributed by atoms with Gasteiger partial charge in [0.1, 0.15) is 5.01 Å². The summed E-state index contributed by atoms with van der Waals surface area (Å²) >= 11 is 1.69. The Morgan fingerprint density at radius 2 is 2.00 bits per heavy atom. The van der Waals surface area contributed by atoms with E-state index in [1.54, 1.807) is 30.3 Å². The largest absolute Gasteiger partial charge is 0.347 e. The Balaban J connectivity index is 2.10. The number of amides is 1. The molecule has 19 heavy (non-hydrogen) atoms. The van der Waals surface area contributed by atoms with E-state index in [0.717, 1.165) is 10.5 Å². The van der Waals surface area contributed by atoms with E-state index in [2.05, 4.69) is 11.1 Å². The first kappa shape index (κ1) is 14.0. The first-order valence-electron chi connectivity index (χ1n) is 6.25. The second-order valence-corrected chi connectivity index (χ2v) is 6.01. The molecule has 0 unspecified atom stereocenters. The summed E-state index contributed by atoms with van der Waals surface area (Å²) in [5, 5.41) is 1.04. The minimum atomic E-state index is -0.137. The summed E-state index contributed by atoms with van der Waals surface area (Å²) in [6.07, 6.45) is 0. The zero-order valence-electron chi connectivity index (χ0n) is 11.8. The van der Waals surface area contributed by atoms with E-state index < -0.39 is 0 Å². The van der Waals surface area contributed by atoms with Gasteiger partial charge in [-0.1, -0.05) is 12.1 Å². The van der Waals surface area contributed by atoms with Crippen LogP contribution in [-0.4, -0.2) is 47.9 Å². The maximum absolute atomic E-state index is 11.9. The zero-order chi connectivity index (χ0) is 14.0. The Morgan fingerprint density at radius 3 is 2.63 bits per heavy atom. The van der Waals surface area contributed by atoms with Crippen LogP contribution in [0.3, 0.4) is 0 Å². The van der Waals surface area contributed by atoms with E-state index in [-0.39, 0.29) is 11.9 Å². The van der Waals surface area contributed by atoms with Crippen LogP contribution in [0.15, 0.2) is 24.3 Å². The molecule has 0 aliphatic heterocycles. The topological polar surface area (TPSA) is 36.4 Å². The molecule has 0 radical (unpaired) electrons. The lowest BCUT2D eigenvalue weighted by molar-refractivity contribution is -0.133. The average Bonchev–Trinajstić information content (AvgIpc) is 2.78. The molecule has 0 aliphatic rings. The van der Waals surface area contributed by atoms with Gasteiger partial charge in [-0.2, -0.15) is 0 Å². The molecular weight excluding hydrogens is 258 g/mol. The molecule has 1 heterocycles. The van der Waals surface area contributed by atoms with Crippen LogP contribution in [0.2, 0.25) is 0 Å². The van der Waals surface area contributed by atoms with Crippen LogP contribution >= 0.6 is 11.3 Å². The van der Waals surface area contributed by atoms with Gasteiger partial charge in [-0.25, -0.2) is 4.98 Å². The maximum atomic E-state index is 11.9. The molecule has 0 N–H and O–H groups in total. The molecule has 1 amide bonds. The summed E-state index contributed by atoms with van der Waals surface area (Å²) in [7, 11) is 5.52. The summed E-state index contributed by atoms with van der Waals surface area (Å²) < 4.78 is 1.19. The number of fused-ring (bicyclic) bond motifs is 1. The molecule has 0 spiro atoms. The fraction of sp³-hybridized carbons (Fsp3) is 0.429. The number of thiazole rings is 1.